The summed E-state index contributed by atoms with van der Waals surface area (Å²) in [7, 11) is 3.10. The molecule has 0 saturated carbocycles. The number of methoxy groups -OCH3 is 2. The van der Waals surface area contributed by atoms with Gasteiger partial charge in [-0.15, -0.1) is 0 Å². The molecular formula is C19H20N2O4. The van der Waals surface area contributed by atoms with E-state index in [0.29, 0.717) is 17.1 Å². The van der Waals surface area contributed by atoms with Gasteiger partial charge in [-0.3, -0.25) is 4.79 Å². The first kappa shape index (κ1) is 16.9. The van der Waals surface area contributed by atoms with Crippen LogP contribution in [0, 0.1) is 0 Å². The molecule has 4 N–H and O–H groups in total. The maximum absolute atomic E-state index is 11.7. The van der Waals surface area contributed by atoms with Crippen LogP contribution in [0.5, 0.6) is 11.5 Å². The molecule has 2 atom stereocenters. The lowest BCUT2D eigenvalue weighted by atomic mass is 9.84. The summed E-state index contributed by atoms with van der Waals surface area (Å²) in [5.41, 5.74) is 8.47. The van der Waals surface area contributed by atoms with E-state index in [0.717, 1.165) is 16.5 Å². The zero-order chi connectivity index (χ0) is 18.0. The summed E-state index contributed by atoms with van der Waals surface area (Å²) >= 11 is 0. The van der Waals surface area contributed by atoms with Crippen molar-refractivity contribution < 1.29 is 19.4 Å². The van der Waals surface area contributed by atoms with Crippen molar-refractivity contribution >= 4 is 16.9 Å². The Bertz CT molecular complexity index is 903. The standard InChI is InChI=1S/C19H20N2O4/c1-24-11-7-8-16(25-2)13(9-11)17(18(20)19(22)23)14-10-21-15-6-4-3-5-12(14)15/h3-10,17-18,21H,20H2,1-2H3,(H,22,23)/t17-,18-/m1/s1. The molecule has 3 rings (SSSR count). The molecular weight excluding hydrogens is 320 g/mol. The predicted molar refractivity (Wildman–Crippen MR) is 95.3 cm³/mol. The predicted octanol–water partition coefficient (Wildman–Crippen LogP) is 2.73. The third-order valence-corrected chi connectivity index (χ3v) is 4.37. The largest absolute Gasteiger partial charge is 0.497 e. The van der Waals surface area contributed by atoms with Crippen LogP contribution in [0.1, 0.15) is 17.0 Å². The number of hydrogen-bond donors (Lipinski definition) is 3. The van der Waals surface area contributed by atoms with Gasteiger partial charge in [-0.05, 0) is 29.8 Å². The lowest BCUT2D eigenvalue weighted by molar-refractivity contribution is -0.138. The average molecular weight is 340 g/mol. The van der Waals surface area contributed by atoms with Crippen molar-refractivity contribution in [3.8, 4) is 11.5 Å². The van der Waals surface area contributed by atoms with Crippen LogP contribution in [0.4, 0.5) is 0 Å². The minimum absolute atomic E-state index is 0.563. The van der Waals surface area contributed by atoms with Gasteiger partial charge in [0.15, 0.2) is 0 Å². The van der Waals surface area contributed by atoms with Gasteiger partial charge in [-0.1, -0.05) is 18.2 Å². The van der Waals surface area contributed by atoms with Crippen LogP contribution in [-0.4, -0.2) is 36.3 Å². The molecule has 2 aromatic carbocycles. The van der Waals surface area contributed by atoms with E-state index in [4.69, 9.17) is 15.2 Å². The fourth-order valence-corrected chi connectivity index (χ4v) is 3.13. The van der Waals surface area contributed by atoms with Crippen molar-refractivity contribution in [2.45, 2.75) is 12.0 Å². The minimum atomic E-state index is -1.14. The molecule has 0 spiro atoms. The first-order valence-corrected chi connectivity index (χ1v) is 7.83. The molecule has 6 heteroatoms. The van der Waals surface area contributed by atoms with E-state index in [1.165, 1.54) is 0 Å². The number of para-hydroxylation sites is 1. The van der Waals surface area contributed by atoms with Gasteiger partial charge in [-0.2, -0.15) is 0 Å². The number of carboxylic acid groups (broad SMARTS) is 1. The smallest absolute Gasteiger partial charge is 0.321 e. The number of aromatic nitrogens is 1. The number of carboxylic acids is 1. The minimum Gasteiger partial charge on any atom is -0.497 e. The maximum Gasteiger partial charge on any atom is 0.321 e. The number of benzene rings is 2. The molecule has 130 valence electrons. The number of nitrogens with one attached hydrogen (secondary N) is 1. The number of ether oxygens (including phenoxy) is 2. The molecule has 0 radical (unpaired) electrons. The van der Waals surface area contributed by atoms with Gasteiger partial charge in [0.1, 0.15) is 17.5 Å². The third-order valence-electron chi connectivity index (χ3n) is 4.37. The Hall–Kier alpha value is -2.99. The molecule has 0 aliphatic heterocycles. The number of hydrogen-bond acceptors (Lipinski definition) is 4. The average Bonchev–Trinajstić information content (AvgIpc) is 3.05. The van der Waals surface area contributed by atoms with Crippen molar-refractivity contribution in [3.63, 3.8) is 0 Å². The van der Waals surface area contributed by atoms with Crippen molar-refractivity contribution in [2.75, 3.05) is 14.2 Å². The third kappa shape index (κ3) is 3.04. The molecule has 1 aromatic heterocycles. The van der Waals surface area contributed by atoms with Crippen molar-refractivity contribution in [3.05, 3.63) is 59.8 Å². The summed E-state index contributed by atoms with van der Waals surface area (Å²) in [6.07, 6.45) is 1.80. The molecule has 0 amide bonds. The summed E-state index contributed by atoms with van der Waals surface area (Å²) < 4.78 is 10.7. The number of aromatic amines is 1. The van der Waals surface area contributed by atoms with Gasteiger partial charge in [-0.25, -0.2) is 0 Å². The molecule has 0 saturated heterocycles. The molecule has 3 aromatic rings. The van der Waals surface area contributed by atoms with Crippen LogP contribution in [0.15, 0.2) is 48.7 Å². The zero-order valence-corrected chi connectivity index (χ0v) is 14.0. The Morgan fingerprint density at radius 2 is 1.88 bits per heavy atom. The van der Waals surface area contributed by atoms with Crippen LogP contribution in [0.3, 0.4) is 0 Å². The normalized spacial score (nSPS) is 13.4. The highest BCUT2D eigenvalue weighted by molar-refractivity contribution is 5.86. The van der Waals surface area contributed by atoms with E-state index in [1.54, 1.807) is 38.6 Å². The second-order valence-corrected chi connectivity index (χ2v) is 5.74. The summed E-state index contributed by atoms with van der Waals surface area (Å²) in [6, 6.07) is 11.9. The van der Waals surface area contributed by atoms with Crippen LogP contribution in [-0.2, 0) is 4.79 Å². The van der Waals surface area contributed by atoms with Gasteiger partial charge in [0.25, 0.3) is 0 Å². The highest BCUT2D eigenvalue weighted by Gasteiger charge is 2.32. The van der Waals surface area contributed by atoms with Gasteiger partial charge in [0, 0.05) is 28.6 Å². The fourth-order valence-electron chi connectivity index (χ4n) is 3.13. The second-order valence-electron chi connectivity index (χ2n) is 5.74. The van der Waals surface area contributed by atoms with Crippen molar-refractivity contribution in [1.29, 1.82) is 0 Å². The number of H-pyrrole nitrogens is 1. The summed E-state index contributed by atoms with van der Waals surface area (Å²) in [6.45, 7) is 0. The molecule has 0 fully saturated rings. The van der Waals surface area contributed by atoms with Gasteiger partial charge in [0.2, 0.25) is 0 Å². The van der Waals surface area contributed by atoms with Crippen LogP contribution in [0.2, 0.25) is 0 Å². The number of aliphatic carboxylic acids is 1. The fraction of sp³-hybridized carbons (Fsp3) is 0.211. The number of nitrogens with two attached hydrogens (primary N) is 1. The number of carbonyl (C=O) groups is 1. The van der Waals surface area contributed by atoms with Crippen LogP contribution in [0.25, 0.3) is 10.9 Å². The number of rotatable bonds is 6. The number of fused-ring (bicyclic) bond motifs is 1. The zero-order valence-electron chi connectivity index (χ0n) is 14.0. The van der Waals surface area contributed by atoms with E-state index in [9.17, 15) is 9.90 Å². The van der Waals surface area contributed by atoms with E-state index in [2.05, 4.69) is 4.98 Å². The Balaban J connectivity index is 2.25. The van der Waals surface area contributed by atoms with Crippen molar-refractivity contribution in [2.24, 2.45) is 5.73 Å². The molecule has 6 nitrogen and oxygen atoms in total. The first-order chi connectivity index (χ1) is 12.1. The molecule has 0 unspecified atom stereocenters. The monoisotopic (exact) mass is 340 g/mol. The lowest BCUT2D eigenvalue weighted by Gasteiger charge is -2.23. The summed E-state index contributed by atoms with van der Waals surface area (Å²) in [4.78, 5) is 14.9. The Kier molecular flexibility index (Phi) is 4.63. The van der Waals surface area contributed by atoms with Crippen LogP contribution < -0.4 is 15.2 Å². The van der Waals surface area contributed by atoms with Crippen LogP contribution >= 0.6 is 0 Å². The van der Waals surface area contributed by atoms with E-state index in [-0.39, 0.29) is 0 Å². The van der Waals surface area contributed by atoms with E-state index in [1.807, 2.05) is 24.3 Å². The first-order valence-electron chi connectivity index (χ1n) is 7.83. The Labute approximate surface area is 145 Å². The maximum atomic E-state index is 11.7. The molecule has 25 heavy (non-hydrogen) atoms. The summed E-state index contributed by atoms with van der Waals surface area (Å²) in [5.74, 6) is -0.509. The lowest BCUT2D eigenvalue weighted by Crippen LogP contribution is -2.37. The highest BCUT2D eigenvalue weighted by atomic mass is 16.5. The molecule has 0 bridgehead atoms. The van der Waals surface area contributed by atoms with Gasteiger partial charge >= 0.3 is 5.97 Å². The molecule has 0 aliphatic carbocycles. The van der Waals surface area contributed by atoms with E-state index >= 15 is 0 Å². The van der Waals surface area contributed by atoms with E-state index < -0.39 is 17.9 Å². The Morgan fingerprint density at radius 1 is 1.12 bits per heavy atom. The molecule has 0 aliphatic rings. The highest BCUT2D eigenvalue weighted by Crippen LogP contribution is 2.39. The van der Waals surface area contributed by atoms with Gasteiger partial charge < -0.3 is 25.3 Å². The second kappa shape index (κ2) is 6.86. The summed E-state index contributed by atoms with van der Waals surface area (Å²) in [5, 5.41) is 10.5. The quantitative estimate of drug-likeness (QED) is 0.641. The van der Waals surface area contributed by atoms with Gasteiger partial charge in [0.05, 0.1) is 14.2 Å². The Morgan fingerprint density at radius 3 is 2.56 bits per heavy atom. The molecule has 1 heterocycles. The SMILES string of the molecule is COc1ccc(OC)c([C@H](c2c[nH]c3ccccc23)[C@@H](N)C(=O)O)c1. The topological polar surface area (TPSA) is 97.6 Å². The van der Waals surface area contributed by atoms with Crippen molar-refractivity contribution in [1.82, 2.24) is 4.98 Å².